The lowest BCUT2D eigenvalue weighted by Gasteiger charge is -2.22. The van der Waals surface area contributed by atoms with Crippen LogP contribution in [-0.2, 0) is 0 Å². The van der Waals surface area contributed by atoms with Crippen LogP contribution in [0, 0.1) is 11.3 Å². The molecule has 0 aromatic heterocycles. The fourth-order valence-electron chi connectivity index (χ4n) is 2.02. The van der Waals surface area contributed by atoms with Crippen molar-refractivity contribution in [2.75, 3.05) is 11.5 Å². The molecule has 0 aromatic carbocycles. The SMILES string of the molecule is CC(C)(CCSCC1CCCC1)C(N)=NO. The van der Waals surface area contributed by atoms with E-state index in [2.05, 4.69) is 5.16 Å². The first-order valence-corrected chi connectivity index (χ1v) is 7.27. The van der Waals surface area contributed by atoms with Crippen LogP contribution in [0.15, 0.2) is 5.16 Å². The van der Waals surface area contributed by atoms with Gasteiger partial charge >= 0.3 is 0 Å². The molecule has 16 heavy (non-hydrogen) atoms. The summed E-state index contributed by atoms with van der Waals surface area (Å²) >= 11 is 2.01. The van der Waals surface area contributed by atoms with Gasteiger partial charge in [0.15, 0.2) is 0 Å². The highest BCUT2D eigenvalue weighted by atomic mass is 32.2. The number of nitrogens with zero attached hydrogens (tertiary/aromatic N) is 1. The third-order valence-corrected chi connectivity index (χ3v) is 4.70. The minimum Gasteiger partial charge on any atom is -0.409 e. The summed E-state index contributed by atoms with van der Waals surface area (Å²) in [6.07, 6.45) is 6.63. The predicted octanol–water partition coefficient (Wildman–Crippen LogP) is 3.07. The molecule has 0 saturated heterocycles. The van der Waals surface area contributed by atoms with Gasteiger partial charge in [-0.1, -0.05) is 31.8 Å². The molecular weight excluding hydrogens is 220 g/mol. The second-order valence-electron chi connectivity index (χ2n) is 5.34. The van der Waals surface area contributed by atoms with Gasteiger partial charge in [-0.15, -0.1) is 0 Å². The van der Waals surface area contributed by atoms with Crippen LogP contribution in [0.25, 0.3) is 0 Å². The quantitative estimate of drug-likeness (QED) is 0.248. The van der Waals surface area contributed by atoms with E-state index in [-0.39, 0.29) is 5.41 Å². The summed E-state index contributed by atoms with van der Waals surface area (Å²) < 4.78 is 0. The zero-order valence-electron chi connectivity index (χ0n) is 10.4. The molecule has 0 heterocycles. The Hall–Kier alpha value is -0.380. The highest BCUT2D eigenvalue weighted by Gasteiger charge is 2.23. The minimum atomic E-state index is -0.183. The lowest BCUT2D eigenvalue weighted by Crippen LogP contribution is -2.32. The number of hydrogen-bond acceptors (Lipinski definition) is 3. The summed E-state index contributed by atoms with van der Waals surface area (Å²) in [4.78, 5) is 0. The average Bonchev–Trinajstić information content (AvgIpc) is 2.76. The maximum absolute atomic E-state index is 8.66. The maximum atomic E-state index is 8.66. The van der Waals surface area contributed by atoms with Crippen LogP contribution in [0.5, 0.6) is 0 Å². The summed E-state index contributed by atoms with van der Waals surface area (Å²) in [5, 5.41) is 11.8. The molecule has 3 nitrogen and oxygen atoms in total. The standard InChI is InChI=1S/C12H24N2OS/c1-12(2,11(13)14-15)7-8-16-9-10-5-3-4-6-10/h10,15H,3-9H2,1-2H3,(H2,13,14). The van der Waals surface area contributed by atoms with Crippen molar-refractivity contribution in [3.05, 3.63) is 0 Å². The van der Waals surface area contributed by atoms with Gasteiger partial charge in [0.05, 0.1) is 0 Å². The molecule has 0 aromatic rings. The first-order valence-electron chi connectivity index (χ1n) is 6.12. The topological polar surface area (TPSA) is 58.6 Å². The second kappa shape index (κ2) is 6.38. The molecule has 94 valence electrons. The van der Waals surface area contributed by atoms with E-state index in [9.17, 15) is 0 Å². The smallest absolute Gasteiger partial charge is 0.144 e. The summed E-state index contributed by atoms with van der Waals surface area (Å²) in [7, 11) is 0. The van der Waals surface area contributed by atoms with Gasteiger partial charge in [-0.25, -0.2) is 0 Å². The first kappa shape index (κ1) is 13.7. The second-order valence-corrected chi connectivity index (χ2v) is 6.49. The molecule has 0 amide bonds. The summed E-state index contributed by atoms with van der Waals surface area (Å²) in [5.41, 5.74) is 5.46. The normalized spacial score (nSPS) is 19.2. The summed E-state index contributed by atoms with van der Waals surface area (Å²) in [6, 6.07) is 0. The van der Waals surface area contributed by atoms with Crippen molar-refractivity contribution >= 4 is 17.6 Å². The van der Waals surface area contributed by atoms with Crippen molar-refractivity contribution in [1.82, 2.24) is 0 Å². The highest BCUT2D eigenvalue weighted by Crippen LogP contribution is 2.29. The van der Waals surface area contributed by atoms with Gasteiger partial charge in [0.1, 0.15) is 5.84 Å². The Bertz CT molecular complexity index is 235. The third-order valence-electron chi connectivity index (χ3n) is 3.50. The number of thioether (sulfide) groups is 1. The molecule has 1 rings (SSSR count). The van der Waals surface area contributed by atoms with Gasteiger partial charge in [0.25, 0.3) is 0 Å². The molecule has 0 bridgehead atoms. The molecule has 0 aliphatic heterocycles. The van der Waals surface area contributed by atoms with Crippen molar-refractivity contribution in [1.29, 1.82) is 0 Å². The fraction of sp³-hybridized carbons (Fsp3) is 0.917. The maximum Gasteiger partial charge on any atom is 0.144 e. The van der Waals surface area contributed by atoms with E-state index in [1.807, 2.05) is 25.6 Å². The Kier molecular flexibility index (Phi) is 5.46. The molecule has 4 heteroatoms. The average molecular weight is 244 g/mol. The van der Waals surface area contributed by atoms with E-state index in [4.69, 9.17) is 10.9 Å². The molecule has 0 spiro atoms. The third kappa shape index (κ3) is 4.24. The van der Waals surface area contributed by atoms with Crippen LogP contribution in [0.4, 0.5) is 0 Å². The van der Waals surface area contributed by atoms with Gasteiger partial charge in [-0.2, -0.15) is 11.8 Å². The Morgan fingerprint density at radius 3 is 2.62 bits per heavy atom. The van der Waals surface area contributed by atoms with Crippen molar-refractivity contribution in [3.8, 4) is 0 Å². The van der Waals surface area contributed by atoms with E-state index >= 15 is 0 Å². The molecule has 1 saturated carbocycles. The van der Waals surface area contributed by atoms with Crippen LogP contribution < -0.4 is 5.73 Å². The van der Waals surface area contributed by atoms with Crippen LogP contribution in [0.2, 0.25) is 0 Å². The van der Waals surface area contributed by atoms with Gasteiger partial charge in [-0.05, 0) is 36.7 Å². The van der Waals surface area contributed by atoms with Gasteiger partial charge in [0.2, 0.25) is 0 Å². The van der Waals surface area contributed by atoms with E-state index in [1.54, 1.807) is 0 Å². The lowest BCUT2D eigenvalue weighted by molar-refractivity contribution is 0.307. The van der Waals surface area contributed by atoms with Gasteiger partial charge in [-0.3, -0.25) is 0 Å². The Morgan fingerprint density at radius 1 is 1.44 bits per heavy atom. The van der Waals surface area contributed by atoms with E-state index in [0.717, 1.165) is 18.1 Å². The molecular formula is C12H24N2OS. The number of nitrogens with two attached hydrogens (primary N) is 1. The highest BCUT2D eigenvalue weighted by molar-refractivity contribution is 7.99. The monoisotopic (exact) mass is 244 g/mol. The van der Waals surface area contributed by atoms with Crippen LogP contribution in [-0.4, -0.2) is 22.5 Å². The van der Waals surface area contributed by atoms with Crippen LogP contribution in [0.1, 0.15) is 46.0 Å². The first-order chi connectivity index (χ1) is 7.56. The number of rotatable bonds is 6. The Balaban J connectivity index is 2.14. The summed E-state index contributed by atoms with van der Waals surface area (Å²) in [5.74, 6) is 3.66. The van der Waals surface area contributed by atoms with Crippen molar-refractivity contribution in [2.24, 2.45) is 22.2 Å². The number of amidine groups is 1. The zero-order valence-corrected chi connectivity index (χ0v) is 11.2. The zero-order chi connectivity index (χ0) is 12.0. The molecule has 1 aliphatic carbocycles. The minimum absolute atomic E-state index is 0.183. The number of hydrogen-bond donors (Lipinski definition) is 2. The van der Waals surface area contributed by atoms with E-state index < -0.39 is 0 Å². The largest absolute Gasteiger partial charge is 0.409 e. The molecule has 3 N–H and O–H groups in total. The van der Waals surface area contributed by atoms with Gasteiger partial charge < -0.3 is 10.9 Å². The molecule has 1 aliphatic rings. The molecule has 0 unspecified atom stereocenters. The predicted molar refractivity (Wildman–Crippen MR) is 71.1 cm³/mol. The van der Waals surface area contributed by atoms with Gasteiger partial charge in [0, 0.05) is 5.41 Å². The van der Waals surface area contributed by atoms with Crippen molar-refractivity contribution < 1.29 is 5.21 Å². The van der Waals surface area contributed by atoms with E-state index in [0.29, 0.717) is 5.84 Å². The summed E-state index contributed by atoms with van der Waals surface area (Å²) in [6.45, 7) is 4.05. The van der Waals surface area contributed by atoms with Crippen molar-refractivity contribution in [3.63, 3.8) is 0 Å². The molecule has 0 radical (unpaired) electrons. The molecule has 0 atom stereocenters. The van der Waals surface area contributed by atoms with Crippen LogP contribution >= 0.6 is 11.8 Å². The fourth-order valence-corrected chi connectivity index (χ4v) is 3.51. The Morgan fingerprint density at radius 2 is 2.06 bits per heavy atom. The van der Waals surface area contributed by atoms with Crippen molar-refractivity contribution in [2.45, 2.75) is 46.0 Å². The number of oxime groups is 1. The van der Waals surface area contributed by atoms with Crippen LogP contribution in [0.3, 0.4) is 0 Å². The molecule has 1 fully saturated rings. The van der Waals surface area contributed by atoms with E-state index in [1.165, 1.54) is 31.4 Å². The lowest BCUT2D eigenvalue weighted by atomic mass is 9.89. The Labute approximate surface area is 103 Å².